The minimum atomic E-state index is -0.179. The third kappa shape index (κ3) is 6.56. The molecule has 23 heavy (non-hydrogen) atoms. The van der Waals surface area contributed by atoms with Crippen LogP contribution in [0.25, 0.3) is 0 Å². The van der Waals surface area contributed by atoms with Gasteiger partial charge in [0.15, 0.2) is 0 Å². The van der Waals surface area contributed by atoms with E-state index in [-0.39, 0.29) is 31.0 Å². The van der Waals surface area contributed by atoms with Gasteiger partial charge < -0.3 is 15.4 Å². The molecule has 0 aliphatic carbocycles. The van der Waals surface area contributed by atoms with Crippen molar-refractivity contribution in [1.82, 2.24) is 10.2 Å². The molecule has 1 aliphatic heterocycles. The summed E-state index contributed by atoms with van der Waals surface area (Å²) in [6, 6.07) is 6.88. The van der Waals surface area contributed by atoms with Crippen LogP contribution in [0.4, 0.5) is 5.69 Å². The number of nitrogens with one attached hydrogen (secondary N) is 2. The molecule has 2 N–H and O–H groups in total. The van der Waals surface area contributed by atoms with E-state index in [1.54, 1.807) is 36.2 Å². The Labute approximate surface area is 141 Å². The Balaban J connectivity index is 1.66. The fraction of sp³-hybridized carbons (Fsp3) is 0.500. The standard InChI is InChI=1S/C16H22ClN3O3/c1-20(10-15(21)18-9-14-3-2-8-23-14)11-16(22)19-13-6-4-12(17)5-7-13/h4-7,14H,2-3,8-11H2,1H3,(H,18,21)(H,19,22)/t14-/m0/s1. The highest BCUT2D eigenvalue weighted by molar-refractivity contribution is 6.30. The smallest absolute Gasteiger partial charge is 0.238 e. The van der Waals surface area contributed by atoms with Gasteiger partial charge in [0.05, 0.1) is 19.2 Å². The molecule has 0 bridgehead atoms. The summed E-state index contributed by atoms with van der Waals surface area (Å²) in [5.41, 5.74) is 0.677. The van der Waals surface area contributed by atoms with Crippen LogP contribution in [0.2, 0.25) is 5.02 Å². The lowest BCUT2D eigenvalue weighted by Gasteiger charge is -2.17. The number of halogens is 1. The van der Waals surface area contributed by atoms with E-state index in [9.17, 15) is 9.59 Å². The first-order valence-electron chi connectivity index (χ1n) is 7.65. The lowest BCUT2D eigenvalue weighted by Crippen LogP contribution is -2.41. The highest BCUT2D eigenvalue weighted by Crippen LogP contribution is 2.13. The molecule has 1 aromatic carbocycles. The third-order valence-electron chi connectivity index (χ3n) is 3.51. The van der Waals surface area contributed by atoms with Gasteiger partial charge in [0.1, 0.15) is 0 Å². The molecule has 0 spiro atoms. The van der Waals surface area contributed by atoms with Crippen molar-refractivity contribution in [3.63, 3.8) is 0 Å². The zero-order valence-electron chi connectivity index (χ0n) is 13.2. The molecule has 6 nitrogen and oxygen atoms in total. The maximum Gasteiger partial charge on any atom is 0.238 e. The minimum absolute atomic E-state index is 0.109. The number of carbonyl (C=O) groups excluding carboxylic acids is 2. The Hall–Kier alpha value is -1.63. The van der Waals surface area contributed by atoms with E-state index in [0.29, 0.717) is 17.3 Å². The maximum absolute atomic E-state index is 11.9. The number of hydrogen-bond acceptors (Lipinski definition) is 4. The molecule has 2 amide bonds. The third-order valence-corrected chi connectivity index (χ3v) is 3.76. The second-order valence-electron chi connectivity index (χ2n) is 5.67. The summed E-state index contributed by atoms with van der Waals surface area (Å²) in [6.07, 6.45) is 2.16. The van der Waals surface area contributed by atoms with E-state index in [1.165, 1.54) is 0 Å². The van der Waals surface area contributed by atoms with Crippen molar-refractivity contribution in [2.24, 2.45) is 0 Å². The van der Waals surface area contributed by atoms with Crippen molar-refractivity contribution in [2.45, 2.75) is 18.9 Å². The first-order valence-corrected chi connectivity index (χ1v) is 8.03. The highest BCUT2D eigenvalue weighted by Gasteiger charge is 2.17. The molecule has 1 aliphatic rings. The van der Waals surface area contributed by atoms with Gasteiger partial charge in [-0.1, -0.05) is 11.6 Å². The van der Waals surface area contributed by atoms with E-state index in [1.807, 2.05) is 0 Å². The van der Waals surface area contributed by atoms with Gasteiger partial charge in [0.25, 0.3) is 0 Å². The maximum atomic E-state index is 11.9. The number of benzene rings is 1. The van der Waals surface area contributed by atoms with Gasteiger partial charge in [-0.25, -0.2) is 0 Å². The van der Waals surface area contributed by atoms with E-state index in [0.717, 1.165) is 19.4 Å². The number of nitrogens with zero attached hydrogens (tertiary/aromatic N) is 1. The number of amides is 2. The predicted octanol–water partition coefficient (Wildman–Crippen LogP) is 1.51. The first-order chi connectivity index (χ1) is 11.0. The van der Waals surface area contributed by atoms with Crippen LogP contribution in [0.3, 0.4) is 0 Å². The van der Waals surface area contributed by atoms with Crippen LogP contribution in [0.1, 0.15) is 12.8 Å². The van der Waals surface area contributed by atoms with Gasteiger partial charge in [-0.15, -0.1) is 0 Å². The molecule has 1 saturated heterocycles. The molecule has 0 unspecified atom stereocenters. The Kier molecular flexibility index (Phi) is 6.83. The number of ether oxygens (including phenoxy) is 1. The normalized spacial score (nSPS) is 17.3. The lowest BCUT2D eigenvalue weighted by atomic mass is 10.2. The van der Waals surface area contributed by atoms with Crippen LogP contribution in [-0.4, -0.2) is 56.1 Å². The predicted molar refractivity (Wildman–Crippen MR) is 89.6 cm³/mol. The van der Waals surface area contributed by atoms with Crippen molar-refractivity contribution in [2.75, 3.05) is 38.6 Å². The Morgan fingerprint density at radius 1 is 1.26 bits per heavy atom. The average Bonchev–Trinajstić information content (AvgIpc) is 3.00. The molecule has 1 atom stereocenters. The molecule has 1 heterocycles. The van der Waals surface area contributed by atoms with Gasteiger partial charge in [-0.2, -0.15) is 0 Å². The quantitative estimate of drug-likeness (QED) is 0.790. The van der Waals surface area contributed by atoms with Crippen molar-refractivity contribution in [3.8, 4) is 0 Å². The van der Waals surface area contributed by atoms with Crippen LogP contribution >= 0.6 is 11.6 Å². The van der Waals surface area contributed by atoms with Crippen molar-refractivity contribution in [3.05, 3.63) is 29.3 Å². The zero-order valence-corrected chi connectivity index (χ0v) is 13.9. The van der Waals surface area contributed by atoms with Gasteiger partial charge in [0.2, 0.25) is 11.8 Å². The number of anilines is 1. The molecule has 0 aromatic heterocycles. The van der Waals surface area contributed by atoms with Crippen molar-refractivity contribution < 1.29 is 14.3 Å². The fourth-order valence-corrected chi connectivity index (χ4v) is 2.49. The van der Waals surface area contributed by atoms with Crippen molar-refractivity contribution >= 4 is 29.1 Å². The van der Waals surface area contributed by atoms with Crippen LogP contribution in [0, 0.1) is 0 Å². The second-order valence-corrected chi connectivity index (χ2v) is 6.10. The monoisotopic (exact) mass is 339 g/mol. The Morgan fingerprint density at radius 2 is 1.96 bits per heavy atom. The van der Waals surface area contributed by atoms with E-state index in [4.69, 9.17) is 16.3 Å². The molecular formula is C16H22ClN3O3. The Bertz CT molecular complexity index is 530. The van der Waals surface area contributed by atoms with Gasteiger partial charge in [0, 0.05) is 23.9 Å². The lowest BCUT2D eigenvalue weighted by molar-refractivity contribution is -0.123. The summed E-state index contributed by atoms with van der Waals surface area (Å²) in [5, 5.41) is 6.21. The number of carbonyl (C=O) groups is 2. The largest absolute Gasteiger partial charge is 0.376 e. The topological polar surface area (TPSA) is 70.7 Å². The summed E-state index contributed by atoms with van der Waals surface area (Å²) in [4.78, 5) is 25.4. The van der Waals surface area contributed by atoms with E-state index < -0.39 is 0 Å². The van der Waals surface area contributed by atoms with Crippen LogP contribution < -0.4 is 10.6 Å². The summed E-state index contributed by atoms with van der Waals surface area (Å²) in [7, 11) is 1.73. The second kappa shape index (κ2) is 8.86. The first kappa shape index (κ1) is 17.7. The summed E-state index contributed by atoms with van der Waals surface area (Å²) < 4.78 is 5.45. The van der Waals surface area contributed by atoms with Gasteiger partial charge in [-0.3, -0.25) is 14.5 Å². The van der Waals surface area contributed by atoms with E-state index in [2.05, 4.69) is 10.6 Å². The van der Waals surface area contributed by atoms with E-state index >= 15 is 0 Å². The van der Waals surface area contributed by atoms with Gasteiger partial charge in [-0.05, 0) is 44.2 Å². The Morgan fingerprint density at radius 3 is 2.61 bits per heavy atom. The molecule has 2 rings (SSSR count). The zero-order chi connectivity index (χ0) is 16.7. The summed E-state index contributed by atoms with van der Waals surface area (Å²) in [5.74, 6) is -0.288. The van der Waals surface area contributed by atoms with Crippen LogP contribution in [0.15, 0.2) is 24.3 Å². The highest BCUT2D eigenvalue weighted by atomic mass is 35.5. The number of rotatable bonds is 7. The molecule has 0 saturated carbocycles. The number of likely N-dealkylation sites (N-methyl/N-ethyl adjacent to an activating group) is 1. The molecule has 1 aromatic rings. The molecule has 7 heteroatoms. The molecule has 1 fully saturated rings. The molecular weight excluding hydrogens is 318 g/mol. The van der Waals surface area contributed by atoms with Gasteiger partial charge >= 0.3 is 0 Å². The van der Waals surface area contributed by atoms with Crippen molar-refractivity contribution in [1.29, 1.82) is 0 Å². The molecule has 0 radical (unpaired) electrons. The van der Waals surface area contributed by atoms with Crippen LogP contribution in [0.5, 0.6) is 0 Å². The molecule has 126 valence electrons. The number of hydrogen-bond donors (Lipinski definition) is 2. The average molecular weight is 340 g/mol. The fourth-order valence-electron chi connectivity index (χ4n) is 2.37. The SMILES string of the molecule is CN(CC(=O)NC[C@@H]1CCCO1)CC(=O)Nc1ccc(Cl)cc1. The van der Waals surface area contributed by atoms with Crippen LogP contribution in [-0.2, 0) is 14.3 Å². The minimum Gasteiger partial charge on any atom is -0.376 e. The summed E-state index contributed by atoms with van der Waals surface area (Å²) >= 11 is 5.79. The summed E-state index contributed by atoms with van der Waals surface area (Å²) in [6.45, 7) is 1.60.